The van der Waals surface area contributed by atoms with Gasteiger partial charge in [0.15, 0.2) is 5.82 Å². The van der Waals surface area contributed by atoms with E-state index in [1.54, 1.807) is 18.1 Å². The summed E-state index contributed by atoms with van der Waals surface area (Å²) in [6.07, 6.45) is 2.63. The summed E-state index contributed by atoms with van der Waals surface area (Å²) in [6, 6.07) is 5.75. The third-order valence-corrected chi connectivity index (χ3v) is 3.14. The monoisotopic (exact) mass is 257 g/mol. The topological polar surface area (TPSA) is 71.8 Å². The van der Waals surface area contributed by atoms with Crippen LogP contribution in [0.25, 0.3) is 0 Å². The third kappa shape index (κ3) is 2.42. The standard InChI is InChI=1S/C13H15N5O/c1-18-8-16-12(17-18)7-15-13(19)10-3-2-9-4-5-14-11(9)6-10/h2-3,6,8,14H,4-5,7H2,1H3,(H,15,19). The second kappa shape index (κ2) is 4.72. The maximum atomic E-state index is 12.0. The van der Waals surface area contributed by atoms with Crippen molar-refractivity contribution in [3.05, 3.63) is 41.5 Å². The van der Waals surface area contributed by atoms with Gasteiger partial charge in [0.05, 0.1) is 6.54 Å². The minimum atomic E-state index is -0.107. The number of aryl methyl sites for hydroxylation is 1. The fraction of sp³-hybridized carbons (Fsp3) is 0.308. The number of fused-ring (bicyclic) bond motifs is 1. The molecule has 0 unspecified atom stereocenters. The van der Waals surface area contributed by atoms with Gasteiger partial charge >= 0.3 is 0 Å². The first-order chi connectivity index (χ1) is 9.22. The van der Waals surface area contributed by atoms with Gasteiger partial charge in [-0.3, -0.25) is 9.48 Å². The van der Waals surface area contributed by atoms with Gasteiger partial charge in [-0.15, -0.1) is 0 Å². The first kappa shape index (κ1) is 11.7. The van der Waals surface area contributed by atoms with Crippen molar-refractivity contribution in [2.45, 2.75) is 13.0 Å². The van der Waals surface area contributed by atoms with Crippen molar-refractivity contribution in [1.82, 2.24) is 20.1 Å². The molecule has 0 saturated carbocycles. The molecule has 0 aliphatic carbocycles. The maximum Gasteiger partial charge on any atom is 0.251 e. The van der Waals surface area contributed by atoms with Gasteiger partial charge in [0.25, 0.3) is 5.91 Å². The van der Waals surface area contributed by atoms with Crippen molar-refractivity contribution in [2.75, 3.05) is 11.9 Å². The van der Waals surface area contributed by atoms with Crippen LogP contribution in [0, 0.1) is 0 Å². The van der Waals surface area contributed by atoms with E-state index in [9.17, 15) is 4.79 Å². The number of aromatic nitrogens is 3. The Morgan fingerprint density at radius 3 is 3.21 bits per heavy atom. The van der Waals surface area contributed by atoms with Crippen molar-refractivity contribution in [1.29, 1.82) is 0 Å². The SMILES string of the molecule is Cn1cnc(CNC(=O)c2ccc3c(c2)NCC3)n1. The molecule has 1 aromatic carbocycles. The van der Waals surface area contributed by atoms with Crippen LogP contribution in [0.3, 0.4) is 0 Å². The molecule has 19 heavy (non-hydrogen) atoms. The van der Waals surface area contributed by atoms with Crippen molar-refractivity contribution < 1.29 is 4.79 Å². The minimum absolute atomic E-state index is 0.107. The van der Waals surface area contributed by atoms with E-state index in [1.165, 1.54) is 5.56 Å². The molecule has 0 spiro atoms. The van der Waals surface area contributed by atoms with Gasteiger partial charge in [-0.25, -0.2) is 4.98 Å². The Labute approximate surface area is 110 Å². The molecule has 1 aromatic heterocycles. The molecular weight excluding hydrogens is 242 g/mol. The Morgan fingerprint density at radius 2 is 2.42 bits per heavy atom. The fourth-order valence-corrected chi connectivity index (χ4v) is 2.16. The van der Waals surface area contributed by atoms with Crippen molar-refractivity contribution >= 4 is 11.6 Å². The van der Waals surface area contributed by atoms with Crippen LogP contribution in [-0.2, 0) is 20.0 Å². The number of hydrogen-bond donors (Lipinski definition) is 2. The first-order valence-corrected chi connectivity index (χ1v) is 6.22. The average molecular weight is 257 g/mol. The van der Waals surface area contributed by atoms with E-state index in [2.05, 4.69) is 20.7 Å². The average Bonchev–Trinajstić information content (AvgIpc) is 3.03. The summed E-state index contributed by atoms with van der Waals surface area (Å²) in [5, 5.41) is 10.2. The van der Waals surface area contributed by atoms with E-state index in [4.69, 9.17) is 0 Å². The summed E-state index contributed by atoms with van der Waals surface area (Å²) in [4.78, 5) is 16.1. The van der Waals surface area contributed by atoms with Crippen LogP contribution in [0.2, 0.25) is 0 Å². The van der Waals surface area contributed by atoms with Gasteiger partial charge in [0, 0.05) is 24.8 Å². The smallest absolute Gasteiger partial charge is 0.251 e. The van der Waals surface area contributed by atoms with Gasteiger partial charge in [-0.05, 0) is 24.1 Å². The lowest BCUT2D eigenvalue weighted by atomic mass is 10.1. The zero-order valence-corrected chi connectivity index (χ0v) is 10.7. The highest BCUT2D eigenvalue weighted by Crippen LogP contribution is 2.23. The highest BCUT2D eigenvalue weighted by Gasteiger charge is 2.13. The fourth-order valence-electron chi connectivity index (χ4n) is 2.16. The van der Waals surface area contributed by atoms with Crippen LogP contribution < -0.4 is 10.6 Å². The second-order valence-electron chi connectivity index (χ2n) is 4.57. The molecule has 98 valence electrons. The third-order valence-electron chi connectivity index (χ3n) is 3.14. The van der Waals surface area contributed by atoms with Crippen LogP contribution in [0.4, 0.5) is 5.69 Å². The zero-order valence-electron chi connectivity index (χ0n) is 10.7. The van der Waals surface area contributed by atoms with E-state index in [-0.39, 0.29) is 5.91 Å². The van der Waals surface area contributed by atoms with Gasteiger partial charge in [0.1, 0.15) is 6.33 Å². The highest BCUT2D eigenvalue weighted by molar-refractivity contribution is 5.95. The quantitative estimate of drug-likeness (QED) is 0.849. The molecule has 2 aromatic rings. The molecule has 1 amide bonds. The van der Waals surface area contributed by atoms with Crippen molar-refractivity contribution in [3.8, 4) is 0 Å². The van der Waals surface area contributed by atoms with Crippen LogP contribution in [0.1, 0.15) is 21.7 Å². The number of amides is 1. The van der Waals surface area contributed by atoms with Gasteiger partial charge in [-0.1, -0.05) is 6.07 Å². The largest absolute Gasteiger partial charge is 0.384 e. The molecule has 0 atom stereocenters. The van der Waals surface area contributed by atoms with Gasteiger partial charge in [0.2, 0.25) is 0 Å². The highest BCUT2D eigenvalue weighted by atomic mass is 16.1. The van der Waals surface area contributed by atoms with Crippen molar-refractivity contribution in [3.63, 3.8) is 0 Å². The molecule has 2 N–H and O–H groups in total. The molecular formula is C13H15N5O. The lowest BCUT2D eigenvalue weighted by Crippen LogP contribution is -2.23. The molecule has 6 nitrogen and oxygen atoms in total. The van der Waals surface area contributed by atoms with Crippen LogP contribution in [0.15, 0.2) is 24.5 Å². The van der Waals surface area contributed by atoms with E-state index in [1.807, 2.05) is 18.2 Å². The maximum absolute atomic E-state index is 12.0. The number of hydrogen-bond acceptors (Lipinski definition) is 4. The first-order valence-electron chi connectivity index (χ1n) is 6.22. The molecule has 0 radical (unpaired) electrons. The molecule has 1 aliphatic heterocycles. The second-order valence-corrected chi connectivity index (χ2v) is 4.57. The summed E-state index contributed by atoms with van der Waals surface area (Å²) in [6.45, 7) is 1.28. The molecule has 1 aliphatic rings. The number of nitrogens with one attached hydrogen (secondary N) is 2. The van der Waals surface area contributed by atoms with Crippen molar-refractivity contribution in [2.24, 2.45) is 7.05 Å². The number of anilines is 1. The summed E-state index contributed by atoms with van der Waals surface area (Å²) >= 11 is 0. The van der Waals surface area contributed by atoms with E-state index in [0.29, 0.717) is 17.9 Å². The van der Waals surface area contributed by atoms with Crippen LogP contribution >= 0.6 is 0 Å². The van der Waals surface area contributed by atoms with Crippen LogP contribution in [0.5, 0.6) is 0 Å². The van der Waals surface area contributed by atoms with E-state index >= 15 is 0 Å². The number of carbonyl (C=O) groups excluding carboxylic acids is 1. The Bertz CT molecular complexity index is 619. The Balaban J connectivity index is 1.67. The zero-order chi connectivity index (χ0) is 13.2. The van der Waals surface area contributed by atoms with Gasteiger partial charge < -0.3 is 10.6 Å². The number of nitrogens with zero attached hydrogens (tertiary/aromatic N) is 3. The van der Waals surface area contributed by atoms with E-state index < -0.39 is 0 Å². The normalized spacial score (nSPS) is 12.9. The van der Waals surface area contributed by atoms with E-state index in [0.717, 1.165) is 18.7 Å². The Hall–Kier alpha value is -2.37. The number of benzene rings is 1. The molecule has 6 heteroatoms. The molecule has 0 saturated heterocycles. The Kier molecular flexibility index (Phi) is 2.91. The lowest BCUT2D eigenvalue weighted by molar-refractivity contribution is 0.0950. The Morgan fingerprint density at radius 1 is 1.53 bits per heavy atom. The minimum Gasteiger partial charge on any atom is -0.384 e. The number of rotatable bonds is 3. The summed E-state index contributed by atoms with van der Waals surface area (Å²) in [5.41, 5.74) is 2.98. The number of carbonyl (C=O) groups is 1. The van der Waals surface area contributed by atoms with Gasteiger partial charge in [-0.2, -0.15) is 5.10 Å². The summed E-state index contributed by atoms with van der Waals surface area (Å²) in [5.74, 6) is 0.499. The van der Waals surface area contributed by atoms with Crippen LogP contribution in [-0.4, -0.2) is 27.2 Å². The molecule has 3 rings (SSSR count). The predicted octanol–water partition coefficient (Wildman–Crippen LogP) is 0.713. The molecule has 2 heterocycles. The molecule has 0 fully saturated rings. The lowest BCUT2D eigenvalue weighted by Gasteiger charge is -2.05. The summed E-state index contributed by atoms with van der Waals surface area (Å²) in [7, 11) is 1.80. The predicted molar refractivity (Wildman–Crippen MR) is 70.8 cm³/mol. The summed E-state index contributed by atoms with van der Waals surface area (Å²) < 4.78 is 1.61. The molecule has 0 bridgehead atoms.